The molecule has 3 aromatic heterocycles. The number of carbonyl (C=O) groups excluding carboxylic acids is 1. The molecule has 0 saturated heterocycles. The van der Waals surface area contributed by atoms with E-state index in [1.807, 2.05) is 62.6 Å². The van der Waals surface area contributed by atoms with Gasteiger partial charge in [-0.2, -0.15) is 5.10 Å². The number of carbonyl (C=O) groups is 1. The summed E-state index contributed by atoms with van der Waals surface area (Å²) < 4.78 is 26.4. The molecule has 1 N–H and O–H groups in total. The highest BCUT2D eigenvalue weighted by Crippen LogP contribution is 2.29. The van der Waals surface area contributed by atoms with Gasteiger partial charge in [0.05, 0.1) is 29.9 Å². The second kappa shape index (κ2) is 10.4. The van der Waals surface area contributed by atoms with Crippen LogP contribution in [0.25, 0.3) is 17.2 Å². The number of allylic oxidation sites excluding steroid dienone is 1. The minimum Gasteiger partial charge on any atom is -0.289 e. The van der Waals surface area contributed by atoms with Crippen LogP contribution in [0.5, 0.6) is 0 Å². The average molecular weight is 528 g/mol. The van der Waals surface area contributed by atoms with Crippen LogP contribution >= 0.6 is 0 Å². The summed E-state index contributed by atoms with van der Waals surface area (Å²) in [7, 11) is -1.27. The van der Waals surface area contributed by atoms with Gasteiger partial charge in [-0.25, -0.2) is 13.1 Å². The number of aromatic nitrogens is 4. The predicted molar refractivity (Wildman–Crippen MR) is 147 cm³/mol. The molecule has 3 heterocycles. The van der Waals surface area contributed by atoms with Gasteiger partial charge in [-0.1, -0.05) is 29.8 Å². The van der Waals surface area contributed by atoms with E-state index in [9.17, 15) is 13.2 Å². The lowest BCUT2D eigenvalue weighted by Gasteiger charge is -2.13. The van der Waals surface area contributed by atoms with E-state index in [2.05, 4.69) is 25.9 Å². The number of nitrogens with zero attached hydrogens (tertiary/aromatic N) is 4. The number of rotatable bonds is 3. The Kier molecular flexibility index (Phi) is 7.05. The van der Waals surface area contributed by atoms with Gasteiger partial charge in [-0.05, 0) is 61.6 Å². The Morgan fingerprint density at radius 1 is 1.03 bits per heavy atom. The normalized spacial score (nSPS) is 16.8. The number of hydrogen-bond donors (Lipinski definition) is 1. The van der Waals surface area contributed by atoms with Crippen molar-refractivity contribution in [2.75, 3.05) is 6.26 Å². The maximum atomic E-state index is 13.1. The summed E-state index contributed by atoms with van der Waals surface area (Å²) in [5.74, 6) is 0.0336. The highest BCUT2D eigenvalue weighted by Gasteiger charge is 2.25. The van der Waals surface area contributed by atoms with Gasteiger partial charge >= 0.3 is 0 Å². The molecule has 0 spiro atoms. The van der Waals surface area contributed by atoms with Crippen molar-refractivity contribution >= 4 is 21.9 Å². The second-order valence-electron chi connectivity index (χ2n) is 9.68. The molecule has 9 heteroatoms. The fourth-order valence-electron chi connectivity index (χ4n) is 4.83. The molecule has 2 aliphatic rings. The first-order valence-electron chi connectivity index (χ1n) is 12.4. The van der Waals surface area contributed by atoms with Crippen molar-refractivity contribution in [2.45, 2.75) is 32.2 Å². The Labute approximate surface area is 222 Å². The van der Waals surface area contributed by atoms with Crippen LogP contribution in [0.15, 0.2) is 67.3 Å². The Morgan fingerprint density at radius 2 is 1.87 bits per heavy atom. The molecule has 0 saturated carbocycles. The molecule has 0 radical (unpaired) electrons. The van der Waals surface area contributed by atoms with E-state index >= 15 is 0 Å². The molecular formula is C29H29N5O3S. The van der Waals surface area contributed by atoms with Gasteiger partial charge in [0.1, 0.15) is 0 Å². The zero-order chi connectivity index (χ0) is 26.9. The van der Waals surface area contributed by atoms with Crippen molar-refractivity contribution in [2.24, 2.45) is 7.05 Å². The van der Waals surface area contributed by atoms with E-state index in [0.29, 0.717) is 5.56 Å². The maximum Gasteiger partial charge on any atom is 0.209 e. The fraction of sp³-hybridized carbons (Fsp3) is 0.241. The number of fused-ring (bicyclic) bond motifs is 3. The van der Waals surface area contributed by atoms with Gasteiger partial charge in [0.2, 0.25) is 10.0 Å². The molecule has 0 fully saturated rings. The smallest absolute Gasteiger partial charge is 0.209 e. The summed E-state index contributed by atoms with van der Waals surface area (Å²) in [6.07, 6.45) is 14.8. The molecule has 1 aromatic carbocycles. The largest absolute Gasteiger partial charge is 0.289 e. The van der Waals surface area contributed by atoms with Crippen molar-refractivity contribution in [1.82, 2.24) is 24.5 Å². The Balaban J connectivity index is 0.000000179. The predicted octanol–water partition coefficient (Wildman–Crippen LogP) is 4.21. The SMILES string of the molecule is CS(=O)(=O)NC1CCc2cccnc21.Cc1ccc2c(c1)C(=O)c1cc(-c3cnn(C)c3)cnc1/C=C\C2. The lowest BCUT2D eigenvalue weighted by molar-refractivity contribution is 0.103. The summed E-state index contributed by atoms with van der Waals surface area (Å²) in [5, 5.41) is 4.20. The van der Waals surface area contributed by atoms with Crippen LogP contribution in [-0.2, 0) is 29.9 Å². The minimum atomic E-state index is -3.14. The van der Waals surface area contributed by atoms with Gasteiger partial charge in [0, 0.05) is 47.9 Å². The molecule has 1 unspecified atom stereocenters. The van der Waals surface area contributed by atoms with E-state index in [1.165, 1.54) is 6.26 Å². The van der Waals surface area contributed by atoms with Crippen LogP contribution < -0.4 is 4.72 Å². The topological polar surface area (TPSA) is 107 Å². The third kappa shape index (κ3) is 5.64. The molecule has 0 amide bonds. The van der Waals surface area contributed by atoms with Gasteiger partial charge in [0.15, 0.2) is 5.78 Å². The third-order valence-corrected chi connectivity index (χ3v) is 7.35. The average Bonchev–Trinajstić information content (AvgIpc) is 3.49. The number of hydrogen-bond acceptors (Lipinski definition) is 6. The molecular weight excluding hydrogens is 498 g/mol. The number of aryl methyl sites for hydroxylation is 3. The molecule has 0 aliphatic heterocycles. The molecule has 2 aliphatic carbocycles. The van der Waals surface area contributed by atoms with E-state index < -0.39 is 10.0 Å². The second-order valence-corrected chi connectivity index (χ2v) is 11.5. The Hall–Kier alpha value is -3.95. The number of pyridine rings is 2. The molecule has 0 bridgehead atoms. The van der Waals surface area contributed by atoms with Gasteiger partial charge in [-0.15, -0.1) is 0 Å². The first kappa shape index (κ1) is 25.7. The summed E-state index contributed by atoms with van der Waals surface area (Å²) in [4.78, 5) is 21.8. The zero-order valence-corrected chi connectivity index (χ0v) is 22.4. The number of sulfonamides is 1. The van der Waals surface area contributed by atoms with Crippen LogP contribution in [0.4, 0.5) is 0 Å². The van der Waals surface area contributed by atoms with Crippen LogP contribution in [0.1, 0.15) is 56.5 Å². The van der Waals surface area contributed by atoms with Crippen molar-refractivity contribution < 1.29 is 13.2 Å². The summed E-state index contributed by atoms with van der Waals surface area (Å²) >= 11 is 0. The van der Waals surface area contributed by atoms with Crippen molar-refractivity contribution in [3.8, 4) is 11.1 Å². The van der Waals surface area contributed by atoms with Crippen LogP contribution in [0, 0.1) is 6.92 Å². The lowest BCUT2D eigenvalue weighted by Crippen LogP contribution is -2.26. The van der Waals surface area contributed by atoms with Crippen molar-refractivity contribution in [1.29, 1.82) is 0 Å². The van der Waals surface area contributed by atoms with Crippen LogP contribution in [0.3, 0.4) is 0 Å². The molecule has 4 aromatic rings. The van der Waals surface area contributed by atoms with Crippen LogP contribution in [0.2, 0.25) is 0 Å². The van der Waals surface area contributed by atoms with Crippen LogP contribution in [-0.4, -0.2) is 40.2 Å². The van der Waals surface area contributed by atoms with E-state index in [-0.39, 0.29) is 11.8 Å². The molecule has 194 valence electrons. The summed E-state index contributed by atoms with van der Waals surface area (Å²) in [6, 6.07) is 11.7. The van der Waals surface area contributed by atoms with E-state index in [0.717, 1.165) is 64.0 Å². The zero-order valence-electron chi connectivity index (χ0n) is 21.5. The summed E-state index contributed by atoms with van der Waals surface area (Å²) in [6.45, 7) is 2.01. The molecule has 1 atom stereocenters. The maximum absolute atomic E-state index is 13.1. The first-order chi connectivity index (χ1) is 18.2. The summed E-state index contributed by atoms with van der Waals surface area (Å²) in [5.41, 5.74) is 8.15. The highest BCUT2D eigenvalue weighted by atomic mass is 32.2. The quantitative estimate of drug-likeness (QED) is 0.428. The molecule has 6 rings (SSSR count). The number of nitrogens with one attached hydrogen (secondary N) is 1. The lowest BCUT2D eigenvalue weighted by atomic mass is 9.91. The monoisotopic (exact) mass is 527 g/mol. The highest BCUT2D eigenvalue weighted by molar-refractivity contribution is 7.88. The fourth-order valence-corrected chi connectivity index (χ4v) is 5.57. The molecule has 8 nitrogen and oxygen atoms in total. The minimum absolute atomic E-state index is 0.0336. The van der Waals surface area contributed by atoms with Crippen molar-refractivity contribution in [3.63, 3.8) is 0 Å². The molecule has 38 heavy (non-hydrogen) atoms. The Bertz CT molecular complexity index is 1660. The van der Waals surface area contributed by atoms with Gasteiger partial charge in [0.25, 0.3) is 0 Å². The third-order valence-electron chi connectivity index (χ3n) is 6.64. The Morgan fingerprint density at radius 3 is 2.63 bits per heavy atom. The van der Waals surface area contributed by atoms with Crippen molar-refractivity contribution in [3.05, 3.63) is 106 Å². The first-order valence-corrected chi connectivity index (χ1v) is 14.3. The number of benzene rings is 1. The van der Waals surface area contributed by atoms with E-state index in [1.54, 1.807) is 23.3 Å². The van der Waals surface area contributed by atoms with Gasteiger partial charge < -0.3 is 0 Å². The number of ketones is 1. The van der Waals surface area contributed by atoms with E-state index in [4.69, 9.17) is 0 Å². The standard InChI is InChI=1S/C20H17N3O.C9H12N2O2S/c1-13-6-7-14-4-3-5-19-18(20(24)17(14)8-13)9-15(10-21-19)16-11-22-23(2)12-16;1-14(12,13)11-8-5-4-7-3-2-6-10-9(7)8/h3,5-12H,4H2,1-2H3;2-3,6,8,11H,4-5H2,1H3/b5-3-;. The van der Waals surface area contributed by atoms with Gasteiger partial charge in [-0.3, -0.25) is 19.4 Å².